The molecule has 0 saturated carbocycles. The van der Waals surface area contributed by atoms with Crippen molar-refractivity contribution in [3.05, 3.63) is 0 Å². The molecule has 19 nitrogen and oxygen atoms in total. The molecule has 0 heterocycles. The van der Waals surface area contributed by atoms with Crippen LogP contribution in [-0.2, 0) is 66.0 Å². The fourth-order valence-electron chi connectivity index (χ4n) is 0.856. The molecule has 0 aromatic carbocycles. The highest BCUT2D eigenvalue weighted by Crippen LogP contribution is 2.45. The van der Waals surface area contributed by atoms with Crippen molar-refractivity contribution in [1.29, 1.82) is 0 Å². The Morgan fingerprint density at radius 1 is 0.714 bits per heavy atom. The van der Waals surface area contributed by atoms with Crippen molar-refractivity contribution in [2.45, 2.75) is 0 Å². The van der Waals surface area contributed by atoms with Crippen LogP contribution in [0.25, 0.3) is 0 Å². The Balaban J connectivity index is 4.39. The zero-order chi connectivity index (χ0) is 22.4. The first-order valence-corrected chi connectivity index (χ1v) is 11.3. The van der Waals surface area contributed by atoms with E-state index in [4.69, 9.17) is 18.9 Å². The maximum absolute atomic E-state index is 11.0. The van der Waals surface area contributed by atoms with Crippen molar-refractivity contribution in [2.24, 2.45) is 0 Å². The number of hydrogen-bond donors (Lipinski definition) is 4. The highest BCUT2D eigenvalue weighted by atomic mass is 32.3. The molecule has 164 valence electrons. The van der Waals surface area contributed by atoms with Crippen LogP contribution in [-0.4, -0.2) is 67.0 Å². The first kappa shape index (κ1) is 26.3. The molecule has 0 aromatic rings. The largest absolute Gasteiger partial charge is 0.546 e. The number of ether oxygens (including phenoxy) is 2. The lowest BCUT2D eigenvalue weighted by Gasteiger charge is -2.10. The number of phosphoric acid groups is 2. The number of rotatable bonds is 10. The van der Waals surface area contributed by atoms with E-state index in [1.165, 1.54) is 0 Å². The lowest BCUT2D eigenvalue weighted by Crippen LogP contribution is -2.20. The predicted octanol–water partition coefficient (Wildman–Crippen LogP) is -1.93. The van der Waals surface area contributed by atoms with Gasteiger partial charge in [0.1, 0.15) is 0 Å². The van der Waals surface area contributed by atoms with Gasteiger partial charge in [0.15, 0.2) is 13.2 Å². The maximum Gasteiger partial charge on any atom is 0.546 e. The average Bonchev–Trinajstić information content (AvgIpc) is 2.35. The molecule has 0 aliphatic heterocycles. The van der Waals surface area contributed by atoms with Gasteiger partial charge in [-0.2, -0.15) is 16.8 Å². The third-order valence-electron chi connectivity index (χ3n) is 1.43. The third-order valence-corrected chi connectivity index (χ3v) is 5.31. The molecule has 0 aliphatic rings. The Morgan fingerprint density at radius 2 is 1.00 bits per heavy atom. The molecule has 0 amide bonds. The molecular weight excluding hydrogens is 490 g/mol. The molecule has 2 unspecified atom stereocenters. The van der Waals surface area contributed by atoms with Crippen molar-refractivity contribution in [2.75, 3.05) is 13.2 Å². The quantitative estimate of drug-likeness (QED) is 0.145. The monoisotopic (exact) mass is 498 g/mol. The topological polar surface area (TPSA) is 290 Å². The number of hydrogen-bond acceptors (Lipinski definition) is 15. The second-order valence-electron chi connectivity index (χ2n) is 3.70. The van der Waals surface area contributed by atoms with Gasteiger partial charge in [-0.15, -0.1) is 7.94 Å². The molecule has 0 aromatic heterocycles. The van der Waals surface area contributed by atoms with Gasteiger partial charge in [-0.25, -0.2) is 23.5 Å². The van der Waals surface area contributed by atoms with E-state index >= 15 is 0 Å². The molecule has 0 bridgehead atoms. The zero-order valence-corrected chi connectivity index (χ0v) is 16.0. The van der Waals surface area contributed by atoms with Crippen molar-refractivity contribution in [3.8, 4) is 0 Å². The molecule has 0 radical (unpaired) electrons. The van der Waals surface area contributed by atoms with Crippen molar-refractivity contribution < 1.29 is 85.7 Å². The standard InChI is InChI=1S/C5H8O19P2S2/c6-3(21-25(9,10)23-27(13,14)15)1-19-5(8)20-2-4(7)22-26(11,12)24-28(16,17)18/h1-2H2,(H,9,10)(H,11,12)(H,13,14,15)(H,16,17,18). The van der Waals surface area contributed by atoms with Gasteiger partial charge < -0.3 is 18.5 Å². The molecule has 2 atom stereocenters. The van der Waals surface area contributed by atoms with Gasteiger partial charge >= 0.3 is 54.5 Å². The van der Waals surface area contributed by atoms with E-state index in [2.05, 4.69) is 26.5 Å². The summed E-state index contributed by atoms with van der Waals surface area (Å²) < 4.78 is 99.9. The van der Waals surface area contributed by atoms with Gasteiger partial charge in [0.05, 0.1) is 0 Å². The summed E-state index contributed by atoms with van der Waals surface area (Å²) in [5.41, 5.74) is 0. The summed E-state index contributed by atoms with van der Waals surface area (Å²) in [4.78, 5) is 50.5. The van der Waals surface area contributed by atoms with E-state index in [0.717, 1.165) is 0 Å². The molecule has 0 rings (SSSR count). The average molecular weight is 498 g/mol. The first-order chi connectivity index (χ1) is 12.3. The van der Waals surface area contributed by atoms with Gasteiger partial charge in [-0.3, -0.25) is 18.9 Å². The normalized spacial score (nSPS) is 16.1. The van der Waals surface area contributed by atoms with Crippen LogP contribution in [0.5, 0.6) is 0 Å². The van der Waals surface area contributed by atoms with E-state index in [1.807, 2.05) is 0 Å². The predicted molar refractivity (Wildman–Crippen MR) is 74.4 cm³/mol. The second-order valence-corrected chi connectivity index (χ2v) is 8.84. The minimum Gasteiger partial charge on any atom is -0.422 e. The Morgan fingerprint density at radius 3 is 1.25 bits per heavy atom. The summed E-state index contributed by atoms with van der Waals surface area (Å²) in [6, 6.07) is 0. The molecule has 4 N–H and O–H groups in total. The Bertz CT molecular complexity index is 838. The van der Waals surface area contributed by atoms with Gasteiger partial charge in [-0.05, 0) is 0 Å². The van der Waals surface area contributed by atoms with E-state index < -0.39 is 67.8 Å². The molecular formula is C5H8O19P2S2. The van der Waals surface area contributed by atoms with Gasteiger partial charge in [0, 0.05) is 0 Å². The van der Waals surface area contributed by atoms with Crippen molar-refractivity contribution >= 4 is 54.5 Å². The summed E-state index contributed by atoms with van der Waals surface area (Å²) in [5.74, 6) is -3.79. The summed E-state index contributed by atoms with van der Waals surface area (Å²) >= 11 is 0. The van der Waals surface area contributed by atoms with E-state index in [0.29, 0.717) is 0 Å². The zero-order valence-electron chi connectivity index (χ0n) is 12.5. The Hall–Kier alpha value is -1.67. The van der Waals surface area contributed by atoms with Crippen LogP contribution < -0.4 is 0 Å². The number of carbonyl (C=O) groups excluding carboxylic acids is 3. The SMILES string of the molecule is O=C(COC(=O)OCC(=O)OP(=O)(O)OS(=O)(=O)O)OP(=O)(O)OS(=O)(=O)O. The number of carbonyl (C=O) groups is 3. The fraction of sp³-hybridized carbons (Fsp3) is 0.400. The van der Waals surface area contributed by atoms with Crippen LogP contribution in [0.15, 0.2) is 0 Å². The van der Waals surface area contributed by atoms with Crippen LogP contribution in [0.1, 0.15) is 0 Å². The molecule has 0 aliphatic carbocycles. The second kappa shape index (κ2) is 9.69. The van der Waals surface area contributed by atoms with Gasteiger partial charge in [-0.1, -0.05) is 0 Å². The van der Waals surface area contributed by atoms with E-state index in [-0.39, 0.29) is 0 Å². The molecule has 23 heteroatoms. The first-order valence-electron chi connectivity index (χ1n) is 5.57. The third kappa shape index (κ3) is 14.4. The lowest BCUT2D eigenvalue weighted by molar-refractivity contribution is -0.141. The summed E-state index contributed by atoms with van der Waals surface area (Å²) in [6.45, 7) is -3.03. The smallest absolute Gasteiger partial charge is 0.422 e. The maximum atomic E-state index is 11.0. The van der Waals surface area contributed by atoms with Crippen LogP contribution in [0.4, 0.5) is 4.79 Å². The van der Waals surface area contributed by atoms with Crippen LogP contribution in [0.2, 0.25) is 0 Å². The fourth-order valence-corrected chi connectivity index (χ4v) is 3.62. The summed E-state index contributed by atoms with van der Waals surface area (Å²) in [7, 11) is -22.2. The van der Waals surface area contributed by atoms with Gasteiger partial charge in [0.25, 0.3) is 0 Å². The van der Waals surface area contributed by atoms with Crippen molar-refractivity contribution in [3.63, 3.8) is 0 Å². The summed E-state index contributed by atoms with van der Waals surface area (Å²) in [6.07, 6.45) is -1.89. The molecule has 0 saturated heterocycles. The van der Waals surface area contributed by atoms with E-state index in [9.17, 15) is 40.3 Å². The van der Waals surface area contributed by atoms with Crippen LogP contribution in [0.3, 0.4) is 0 Å². The molecule has 0 spiro atoms. The Labute approximate surface area is 154 Å². The molecule has 28 heavy (non-hydrogen) atoms. The summed E-state index contributed by atoms with van der Waals surface area (Å²) in [5, 5.41) is 0. The number of phosphoric ester groups is 2. The Kier molecular flexibility index (Phi) is 9.12. The van der Waals surface area contributed by atoms with Crippen LogP contribution in [0, 0.1) is 0 Å². The highest BCUT2D eigenvalue weighted by molar-refractivity contribution is 7.85. The molecule has 0 fully saturated rings. The van der Waals surface area contributed by atoms with Gasteiger partial charge in [0.2, 0.25) is 0 Å². The van der Waals surface area contributed by atoms with E-state index in [1.54, 1.807) is 0 Å². The minimum atomic E-state index is -5.64. The highest BCUT2D eigenvalue weighted by Gasteiger charge is 2.34. The lowest BCUT2D eigenvalue weighted by atomic mass is 10.7. The van der Waals surface area contributed by atoms with Crippen molar-refractivity contribution in [1.82, 2.24) is 0 Å². The minimum absolute atomic E-state index is 1.52. The van der Waals surface area contributed by atoms with Crippen LogP contribution >= 0.6 is 15.6 Å².